The Morgan fingerprint density at radius 1 is 1.08 bits per heavy atom. The number of hydrogen-bond donors (Lipinski definition) is 2. The Kier molecular flexibility index (Phi) is 3.74. The van der Waals surface area contributed by atoms with Crippen LogP contribution in [0.1, 0.15) is 5.56 Å². The second-order valence-corrected chi connectivity index (χ2v) is 5.49. The number of halogens is 1. The van der Waals surface area contributed by atoms with E-state index in [1.54, 1.807) is 37.1 Å². The van der Waals surface area contributed by atoms with Gasteiger partial charge < -0.3 is 10.4 Å². The smallest absolute Gasteiger partial charge is 0.180 e. The van der Waals surface area contributed by atoms with Crippen LogP contribution in [0.2, 0.25) is 0 Å². The molecule has 0 amide bonds. The first-order valence-electron chi connectivity index (χ1n) is 7.66. The molecule has 0 fully saturated rings. The predicted octanol–water partition coefficient (Wildman–Crippen LogP) is 3.25. The van der Waals surface area contributed by atoms with E-state index in [9.17, 15) is 9.50 Å². The summed E-state index contributed by atoms with van der Waals surface area (Å²) >= 11 is 0. The number of fused-ring (bicyclic) bond motifs is 1. The van der Waals surface area contributed by atoms with E-state index in [1.807, 2.05) is 16.5 Å². The molecule has 0 aliphatic rings. The summed E-state index contributed by atoms with van der Waals surface area (Å²) in [6.07, 6.45) is 8.54. The van der Waals surface area contributed by atoms with Gasteiger partial charge in [0, 0.05) is 36.9 Å². The lowest BCUT2D eigenvalue weighted by molar-refractivity contribution is 0.432. The molecule has 3 heterocycles. The average molecular weight is 335 g/mol. The fraction of sp³-hybridized carbons (Fsp3) is 0.0556. The molecular formula is C18H14FN5O. The van der Waals surface area contributed by atoms with E-state index in [0.717, 1.165) is 5.56 Å². The minimum absolute atomic E-state index is 0.376. The number of rotatable bonds is 4. The number of phenols is 1. The summed E-state index contributed by atoms with van der Waals surface area (Å²) in [4.78, 5) is 12.7. The fourth-order valence-electron chi connectivity index (χ4n) is 2.61. The molecule has 3 aromatic heterocycles. The van der Waals surface area contributed by atoms with Crippen molar-refractivity contribution in [3.63, 3.8) is 0 Å². The van der Waals surface area contributed by atoms with Gasteiger partial charge in [-0.25, -0.2) is 14.4 Å². The van der Waals surface area contributed by atoms with Gasteiger partial charge in [0.1, 0.15) is 0 Å². The predicted molar refractivity (Wildman–Crippen MR) is 91.6 cm³/mol. The normalized spacial score (nSPS) is 10.9. The molecular weight excluding hydrogens is 321 g/mol. The van der Waals surface area contributed by atoms with E-state index >= 15 is 0 Å². The molecule has 7 heteroatoms. The molecule has 0 radical (unpaired) electrons. The topological polar surface area (TPSA) is 75.3 Å². The minimum atomic E-state index is -0.669. The van der Waals surface area contributed by atoms with Crippen LogP contribution < -0.4 is 5.32 Å². The molecule has 1 aromatic carbocycles. The number of nitrogens with zero attached hydrogens (tertiary/aromatic N) is 4. The summed E-state index contributed by atoms with van der Waals surface area (Å²) < 4.78 is 15.5. The van der Waals surface area contributed by atoms with Crippen molar-refractivity contribution in [2.45, 2.75) is 6.54 Å². The van der Waals surface area contributed by atoms with E-state index in [4.69, 9.17) is 0 Å². The SMILES string of the molecule is Oc1ccc(-c2cnc3c(NCc4ccncc4)nccn23)cc1F. The summed E-state index contributed by atoms with van der Waals surface area (Å²) in [5.74, 6) is -0.415. The van der Waals surface area contributed by atoms with Crippen molar-refractivity contribution >= 4 is 11.5 Å². The molecule has 0 saturated carbocycles. The third-order valence-corrected chi connectivity index (χ3v) is 3.88. The number of anilines is 1. The Labute approximate surface area is 142 Å². The van der Waals surface area contributed by atoms with Gasteiger partial charge in [0.05, 0.1) is 11.9 Å². The van der Waals surface area contributed by atoms with Gasteiger partial charge in [-0.3, -0.25) is 9.38 Å². The van der Waals surface area contributed by atoms with Crippen molar-refractivity contribution in [3.05, 3.63) is 72.7 Å². The third-order valence-electron chi connectivity index (χ3n) is 3.88. The molecule has 0 bridgehead atoms. The van der Waals surface area contributed by atoms with Gasteiger partial charge in [0.25, 0.3) is 0 Å². The molecule has 0 unspecified atom stereocenters. The highest BCUT2D eigenvalue weighted by Gasteiger charge is 2.12. The monoisotopic (exact) mass is 335 g/mol. The molecule has 4 rings (SSSR count). The van der Waals surface area contributed by atoms with Crippen molar-refractivity contribution in [2.24, 2.45) is 0 Å². The van der Waals surface area contributed by atoms with Gasteiger partial charge in [-0.15, -0.1) is 0 Å². The number of phenolic OH excluding ortho intramolecular Hbond substituents is 1. The Hall–Kier alpha value is -3.48. The highest BCUT2D eigenvalue weighted by Crippen LogP contribution is 2.27. The van der Waals surface area contributed by atoms with Gasteiger partial charge in [0.2, 0.25) is 0 Å². The van der Waals surface area contributed by atoms with Crippen molar-refractivity contribution in [1.82, 2.24) is 19.4 Å². The molecule has 25 heavy (non-hydrogen) atoms. The maximum Gasteiger partial charge on any atom is 0.180 e. The molecule has 4 aromatic rings. The zero-order chi connectivity index (χ0) is 17.2. The van der Waals surface area contributed by atoms with Crippen LogP contribution in [0, 0.1) is 5.82 Å². The van der Waals surface area contributed by atoms with Crippen LogP contribution in [0.5, 0.6) is 5.75 Å². The zero-order valence-electron chi connectivity index (χ0n) is 13.1. The number of benzene rings is 1. The molecule has 6 nitrogen and oxygen atoms in total. The standard InChI is InChI=1S/C18H14FN5O/c19-14-9-13(1-2-16(14)25)15-11-23-18-17(21-7-8-24(15)18)22-10-12-3-5-20-6-4-12/h1-9,11,25H,10H2,(H,21,22). The molecule has 0 atom stereocenters. The van der Waals surface area contributed by atoms with E-state index in [2.05, 4.69) is 20.3 Å². The maximum absolute atomic E-state index is 13.6. The first-order chi connectivity index (χ1) is 12.2. The minimum Gasteiger partial charge on any atom is -0.505 e. The second kappa shape index (κ2) is 6.20. The van der Waals surface area contributed by atoms with Crippen molar-refractivity contribution in [2.75, 3.05) is 5.32 Å². The molecule has 0 spiro atoms. The van der Waals surface area contributed by atoms with Crippen molar-refractivity contribution in [3.8, 4) is 17.0 Å². The number of pyridine rings is 1. The number of hydrogen-bond acceptors (Lipinski definition) is 5. The number of aromatic hydroxyl groups is 1. The lowest BCUT2D eigenvalue weighted by atomic mass is 10.1. The molecule has 0 aliphatic heterocycles. The lowest BCUT2D eigenvalue weighted by Gasteiger charge is -2.08. The van der Waals surface area contributed by atoms with Crippen LogP contribution in [-0.2, 0) is 6.54 Å². The van der Waals surface area contributed by atoms with E-state index < -0.39 is 5.82 Å². The van der Waals surface area contributed by atoms with Gasteiger partial charge in [-0.05, 0) is 35.9 Å². The molecule has 2 N–H and O–H groups in total. The zero-order valence-corrected chi connectivity index (χ0v) is 13.1. The number of imidazole rings is 1. The summed E-state index contributed by atoms with van der Waals surface area (Å²) in [7, 11) is 0. The van der Waals surface area contributed by atoms with Crippen LogP contribution in [0.15, 0.2) is 61.3 Å². The van der Waals surface area contributed by atoms with Gasteiger partial charge in [-0.2, -0.15) is 0 Å². The first kappa shape index (κ1) is 15.1. The average Bonchev–Trinajstić information content (AvgIpc) is 3.08. The summed E-state index contributed by atoms with van der Waals surface area (Å²) in [6, 6.07) is 8.09. The first-order valence-corrected chi connectivity index (χ1v) is 7.66. The third kappa shape index (κ3) is 2.87. The quantitative estimate of drug-likeness (QED) is 0.599. The molecule has 0 saturated heterocycles. The van der Waals surface area contributed by atoms with Gasteiger partial charge in [0.15, 0.2) is 23.0 Å². The van der Waals surface area contributed by atoms with E-state index in [1.165, 1.54) is 12.1 Å². The van der Waals surface area contributed by atoms with Crippen LogP contribution >= 0.6 is 0 Å². The molecule has 124 valence electrons. The Balaban J connectivity index is 1.69. The Bertz CT molecular complexity index is 1030. The second-order valence-electron chi connectivity index (χ2n) is 5.49. The van der Waals surface area contributed by atoms with Gasteiger partial charge >= 0.3 is 0 Å². The largest absolute Gasteiger partial charge is 0.505 e. The van der Waals surface area contributed by atoms with Crippen molar-refractivity contribution < 1.29 is 9.50 Å². The van der Waals surface area contributed by atoms with Crippen molar-refractivity contribution in [1.29, 1.82) is 0 Å². The van der Waals surface area contributed by atoms with Crippen LogP contribution in [0.3, 0.4) is 0 Å². The van der Waals surface area contributed by atoms with Gasteiger partial charge in [-0.1, -0.05) is 0 Å². The Morgan fingerprint density at radius 3 is 2.72 bits per heavy atom. The summed E-state index contributed by atoms with van der Waals surface area (Å²) in [5, 5.41) is 12.6. The van der Waals surface area contributed by atoms with Crippen LogP contribution in [0.25, 0.3) is 16.9 Å². The Morgan fingerprint density at radius 2 is 1.92 bits per heavy atom. The van der Waals surface area contributed by atoms with Crippen LogP contribution in [-0.4, -0.2) is 24.5 Å². The fourth-order valence-corrected chi connectivity index (χ4v) is 2.61. The number of nitrogens with one attached hydrogen (secondary N) is 1. The lowest BCUT2D eigenvalue weighted by Crippen LogP contribution is -2.04. The van der Waals surface area contributed by atoms with E-state index in [-0.39, 0.29) is 5.75 Å². The number of aromatic nitrogens is 4. The summed E-state index contributed by atoms with van der Waals surface area (Å²) in [5.41, 5.74) is 3.04. The maximum atomic E-state index is 13.6. The molecule has 0 aliphatic carbocycles. The highest BCUT2D eigenvalue weighted by molar-refractivity contribution is 5.70. The van der Waals surface area contributed by atoms with E-state index in [0.29, 0.717) is 29.3 Å². The highest BCUT2D eigenvalue weighted by atomic mass is 19.1. The van der Waals surface area contributed by atoms with Crippen LogP contribution in [0.4, 0.5) is 10.2 Å². The summed E-state index contributed by atoms with van der Waals surface area (Å²) in [6.45, 7) is 0.589.